The van der Waals surface area contributed by atoms with Crippen LogP contribution in [0.2, 0.25) is 0 Å². The van der Waals surface area contributed by atoms with E-state index in [9.17, 15) is 13.6 Å². The summed E-state index contributed by atoms with van der Waals surface area (Å²) < 4.78 is 32.7. The normalized spacial score (nSPS) is 10.7. The topological polar surface area (TPSA) is 51.2 Å². The molecule has 0 fully saturated rings. The molecule has 4 nitrogen and oxygen atoms in total. The van der Waals surface area contributed by atoms with E-state index >= 15 is 0 Å². The fraction of sp³-hybridized carbons (Fsp3) is 0.0476. The molecule has 2 aromatic carbocycles. The van der Waals surface area contributed by atoms with Crippen LogP contribution < -0.4 is 10.1 Å². The molecule has 0 saturated carbocycles. The predicted molar refractivity (Wildman–Crippen MR) is 98.0 cm³/mol. The zero-order chi connectivity index (χ0) is 19.1. The highest BCUT2D eigenvalue weighted by Gasteiger charge is 2.07. The van der Waals surface area contributed by atoms with Gasteiger partial charge in [0.05, 0.1) is 6.20 Å². The zero-order valence-corrected chi connectivity index (χ0v) is 14.2. The largest absolute Gasteiger partial charge is 0.453 e. The van der Waals surface area contributed by atoms with Gasteiger partial charge in [-0.25, -0.2) is 8.78 Å². The van der Waals surface area contributed by atoms with Crippen molar-refractivity contribution in [1.29, 1.82) is 0 Å². The molecule has 0 aliphatic rings. The SMILES string of the molecule is O=C(/C=C/c1cccc(F)c1)NCc1ccc(Oc2cccnc2)c(F)c1. The Kier molecular flexibility index (Phi) is 5.89. The fourth-order valence-corrected chi connectivity index (χ4v) is 2.30. The van der Waals surface area contributed by atoms with Crippen LogP contribution in [-0.2, 0) is 11.3 Å². The molecule has 0 bridgehead atoms. The first-order valence-corrected chi connectivity index (χ1v) is 8.18. The van der Waals surface area contributed by atoms with E-state index < -0.39 is 5.82 Å². The quantitative estimate of drug-likeness (QED) is 0.655. The van der Waals surface area contributed by atoms with Gasteiger partial charge < -0.3 is 10.1 Å². The van der Waals surface area contributed by atoms with Gasteiger partial charge in [0, 0.05) is 18.8 Å². The Labute approximate surface area is 155 Å². The molecular weight excluding hydrogens is 350 g/mol. The molecule has 0 saturated heterocycles. The molecule has 1 heterocycles. The summed E-state index contributed by atoms with van der Waals surface area (Å²) in [5.74, 6) is -0.776. The number of pyridine rings is 1. The number of carbonyl (C=O) groups is 1. The number of halogens is 2. The van der Waals surface area contributed by atoms with Crippen molar-refractivity contribution in [2.75, 3.05) is 0 Å². The number of carbonyl (C=O) groups excluding carboxylic acids is 1. The smallest absolute Gasteiger partial charge is 0.244 e. The number of amides is 1. The molecular formula is C21H16F2N2O2. The summed E-state index contributed by atoms with van der Waals surface area (Å²) >= 11 is 0. The molecule has 6 heteroatoms. The molecule has 3 aromatic rings. The first-order valence-electron chi connectivity index (χ1n) is 8.18. The Morgan fingerprint density at radius 1 is 1.11 bits per heavy atom. The summed E-state index contributed by atoms with van der Waals surface area (Å²) in [5, 5.41) is 2.64. The van der Waals surface area contributed by atoms with E-state index in [-0.39, 0.29) is 24.0 Å². The van der Waals surface area contributed by atoms with Gasteiger partial charge in [0.25, 0.3) is 0 Å². The number of rotatable bonds is 6. The average molecular weight is 366 g/mol. The Balaban J connectivity index is 1.56. The third kappa shape index (κ3) is 5.47. The van der Waals surface area contributed by atoms with Crippen molar-refractivity contribution in [2.24, 2.45) is 0 Å². The van der Waals surface area contributed by atoms with Crippen molar-refractivity contribution in [1.82, 2.24) is 10.3 Å². The van der Waals surface area contributed by atoms with Gasteiger partial charge in [0.2, 0.25) is 5.91 Å². The number of aromatic nitrogens is 1. The Bertz CT molecular complexity index is 959. The molecule has 0 spiro atoms. The maximum atomic E-state index is 14.2. The standard InChI is InChI=1S/C21H16F2N2O2/c22-17-4-1-3-15(11-17)7-9-21(26)25-13-16-6-8-20(19(23)12-16)27-18-5-2-10-24-14-18/h1-12,14H,13H2,(H,25,26)/b9-7+. The zero-order valence-electron chi connectivity index (χ0n) is 14.2. The van der Waals surface area contributed by atoms with Crippen LogP contribution in [0.15, 0.2) is 73.1 Å². The number of nitrogens with zero attached hydrogens (tertiary/aromatic N) is 1. The van der Waals surface area contributed by atoms with Crippen molar-refractivity contribution in [3.63, 3.8) is 0 Å². The van der Waals surface area contributed by atoms with Gasteiger partial charge in [0.1, 0.15) is 11.6 Å². The number of nitrogens with one attached hydrogen (secondary N) is 1. The fourth-order valence-electron chi connectivity index (χ4n) is 2.30. The summed E-state index contributed by atoms with van der Waals surface area (Å²) in [7, 11) is 0. The molecule has 0 radical (unpaired) electrons. The van der Waals surface area contributed by atoms with Gasteiger partial charge in [-0.3, -0.25) is 9.78 Å². The summed E-state index contributed by atoms with van der Waals surface area (Å²) in [4.78, 5) is 15.7. The second-order valence-corrected chi connectivity index (χ2v) is 5.66. The van der Waals surface area contributed by atoms with Gasteiger partial charge in [-0.15, -0.1) is 0 Å². The number of ether oxygens (including phenoxy) is 1. The van der Waals surface area contributed by atoms with Gasteiger partial charge >= 0.3 is 0 Å². The van der Waals surface area contributed by atoms with Gasteiger partial charge in [-0.1, -0.05) is 18.2 Å². The van der Waals surface area contributed by atoms with Crippen LogP contribution in [0.5, 0.6) is 11.5 Å². The van der Waals surface area contributed by atoms with Gasteiger partial charge in [0.15, 0.2) is 11.6 Å². The molecule has 0 atom stereocenters. The number of benzene rings is 2. The van der Waals surface area contributed by atoms with E-state index in [0.29, 0.717) is 16.9 Å². The molecule has 1 amide bonds. The second kappa shape index (κ2) is 8.71. The van der Waals surface area contributed by atoms with Crippen molar-refractivity contribution < 1.29 is 18.3 Å². The van der Waals surface area contributed by atoms with E-state index in [1.807, 2.05) is 0 Å². The third-order valence-corrected chi connectivity index (χ3v) is 3.60. The summed E-state index contributed by atoms with van der Waals surface area (Å²) in [5.41, 5.74) is 1.16. The lowest BCUT2D eigenvalue weighted by molar-refractivity contribution is -0.116. The maximum Gasteiger partial charge on any atom is 0.244 e. The van der Waals surface area contributed by atoms with Crippen molar-refractivity contribution >= 4 is 12.0 Å². The van der Waals surface area contributed by atoms with Crippen molar-refractivity contribution in [2.45, 2.75) is 6.54 Å². The van der Waals surface area contributed by atoms with Crippen LogP contribution in [0.1, 0.15) is 11.1 Å². The van der Waals surface area contributed by atoms with Gasteiger partial charge in [-0.05, 0) is 53.6 Å². The minimum atomic E-state index is -0.541. The Morgan fingerprint density at radius 3 is 2.74 bits per heavy atom. The number of hydrogen-bond donors (Lipinski definition) is 1. The van der Waals surface area contributed by atoms with Crippen LogP contribution in [0, 0.1) is 11.6 Å². The first-order chi connectivity index (χ1) is 13.1. The molecule has 0 unspecified atom stereocenters. The highest BCUT2D eigenvalue weighted by atomic mass is 19.1. The maximum absolute atomic E-state index is 14.2. The Morgan fingerprint density at radius 2 is 2.00 bits per heavy atom. The van der Waals surface area contributed by atoms with E-state index in [1.54, 1.807) is 36.5 Å². The van der Waals surface area contributed by atoms with Crippen LogP contribution in [0.25, 0.3) is 6.08 Å². The highest BCUT2D eigenvalue weighted by Crippen LogP contribution is 2.24. The molecule has 1 aromatic heterocycles. The summed E-state index contributed by atoms with van der Waals surface area (Å²) in [6.45, 7) is 0.149. The highest BCUT2D eigenvalue weighted by molar-refractivity contribution is 5.91. The minimum Gasteiger partial charge on any atom is -0.453 e. The van der Waals surface area contributed by atoms with E-state index in [1.165, 1.54) is 42.6 Å². The molecule has 27 heavy (non-hydrogen) atoms. The summed E-state index contributed by atoms with van der Waals surface area (Å²) in [6.07, 6.45) is 5.88. The van der Waals surface area contributed by atoms with Crippen molar-refractivity contribution in [3.05, 3.63) is 95.8 Å². The average Bonchev–Trinajstić information content (AvgIpc) is 2.67. The third-order valence-electron chi connectivity index (χ3n) is 3.60. The van der Waals surface area contributed by atoms with Crippen LogP contribution in [0.4, 0.5) is 8.78 Å². The first kappa shape index (κ1) is 18.3. The molecule has 1 N–H and O–H groups in total. The molecule has 136 valence electrons. The van der Waals surface area contributed by atoms with E-state index in [2.05, 4.69) is 10.3 Å². The van der Waals surface area contributed by atoms with Crippen LogP contribution >= 0.6 is 0 Å². The summed E-state index contributed by atoms with van der Waals surface area (Å²) in [6, 6.07) is 13.7. The monoisotopic (exact) mass is 366 g/mol. The second-order valence-electron chi connectivity index (χ2n) is 5.66. The lowest BCUT2D eigenvalue weighted by Crippen LogP contribution is -2.20. The lowest BCUT2D eigenvalue weighted by Gasteiger charge is -2.08. The molecule has 0 aliphatic heterocycles. The molecule has 3 rings (SSSR count). The lowest BCUT2D eigenvalue weighted by atomic mass is 10.2. The van der Waals surface area contributed by atoms with E-state index in [0.717, 1.165) is 0 Å². The predicted octanol–water partition coefficient (Wildman–Crippen LogP) is 4.48. The van der Waals surface area contributed by atoms with Crippen molar-refractivity contribution in [3.8, 4) is 11.5 Å². The molecule has 0 aliphatic carbocycles. The van der Waals surface area contributed by atoms with E-state index in [4.69, 9.17) is 4.74 Å². The van der Waals surface area contributed by atoms with Crippen LogP contribution in [-0.4, -0.2) is 10.9 Å². The van der Waals surface area contributed by atoms with Gasteiger partial charge in [-0.2, -0.15) is 0 Å². The minimum absolute atomic E-state index is 0.0732. The van der Waals surface area contributed by atoms with Crippen LogP contribution in [0.3, 0.4) is 0 Å². The Hall–Kier alpha value is -3.54. The number of hydrogen-bond acceptors (Lipinski definition) is 3.